The van der Waals surface area contributed by atoms with Gasteiger partial charge >= 0.3 is 0 Å². The van der Waals surface area contributed by atoms with Crippen LogP contribution < -0.4 is 4.74 Å². The van der Waals surface area contributed by atoms with Crippen LogP contribution in [0.2, 0.25) is 0 Å². The van der Waals surface area contributed by atoms with Crippen molar-refractivity contribution in [1.29, 1.82) is 0 Å². The van der Waals surface area contributed by atoms with Gasteiger partial charge in [0, 0.05) is 0 Å². The van der Waals surface area contributed by atoms with E-state index in [2.05, 4.69) is 31.2 Å². The van der Waals surface area contributed by atoms with Gasteiger partial charge in [0.05, 0.1) is 0 Å². The average Bonchev–Trinajstić information content (AvgIpc) is 2.27. The van der Waals surface area contributed by atoms with E-state index < -0.39 is 0 Å². The number of ether oxygens (including phenoxy) is 1. The van der Waals surface area contributed by atoms with Crippen LogP contribution in [0.25, 0.3) is 6.08 Å². The number of rotatable bonds is 5. The maximum Gasteiger partial charge on any atom is 0.119 e. The maximum atomic E-state index is 5.53. The van der Waals surface area contributed by atoms with E-state index in [9.17, 15) is 0 Å². The van der Waals surface area contributed by atoms with Gasteiger partial charge < -0.3 is 4.74 Å². The molecule has 0 atom stereocenters. The molecule has 0 aliphatic heterocycles. The highest BCUT2D eigenvalue weighted by Crippen LogP contribution is 2.13. The molecule has 0 aliphatic carbocycles. The summed E-state index contributed by atoms with van der Waals surface area (Å²) < 4.78 is 5.53. The van der Waals surface area contributed by atoms with Gasteiger partial charge in [-0.05, 0) is 31.0 Å². The highest BCUT2D eigenvalue weighted by atomic mass is 16.5. The molecule has 1 nitrogen and oxygen atoms in total. The normalized spacial score (nSPS) is 11.3. The zero-order chi connectivity index (χ0) is 10.9. The Hall–Kier alpha value is -1.50. The molecule has 0 saturated heterocycles. The summed E-state index contributed by atoms with van der Waals surface area (Å²) in [6.07, 6.45) is 9.30. The Morgan fingerprint density at radius 1 is 1.13 bits per heavy atom. The van der Waals surface area contributed by atoms with Gasteiger partial charge in [-0.15, -0.1) is 0 Å². The lowest BCUT2D eigenvalue weighted by atomic mass is 10.2. The molecule has 0 spiro atoms. The van der Waals surface area contributed by atoms with Gasteiger partial charge in [0.1, 0.15) is 12.4 Å². The van der Waals surface area contributed by atoms with Crippen molar-refractivity contribution < 1.29 is 4.74 Å². The molecule has 15 heavy (non-hydrogen) atoms. The third-order valence-electron chi connectivity index (χ3n) is 1.99. The number of hydrogen-bond acceptors (Lipinski definition) is 1. The van der Waals surface area contributed by atoms with E-state index in [-0.39, 0.29) is 0 Å². The van der Waals surface area contributed by atoms with Crippen LogP contribution in [0.15, 0.2) is 42.5 Å². The first-order valence-corrected chi connectivity index (χ1v) is 5.37. The molecule has 1 aromatic rings. The molecule has 1 rings (SSSR count). The summed E-state index contributed by atoms with van der Waals surface area (Å²) in [4.78, 5) is 0. The summed E-state index contributed by atoms with van der Waals surface area (Å²) in [5.41, 5.74) is 1.20. The lowest BCUT2D eigenvalue weighted by Crippen LogP contribution is -1.92. The number of allylic oxidation sites excluding steroid dienone is 2. The Labute approximate surface area is 92.1 Å². The number of hydrogen-bond donors (Lipinski definition) is 0. The van der Waals surface area contributed by atoms with Crippen molar-refractivity contribution in [1.82, 2.24) is 0 Å². The van der Waals surface area contributed by atoms with Crippen LogP contribution in [0.4, 0.5) is 0 Å². The molecule has 0 bridgehead atoms. The van der Waals surface area contributed by atoms with Crippen molar-refractivity contribution in [2.75, 3.05) is 6.61 Å². The van der Waals surface area contributed by atoms with Crippen molar-refractivity contribution >= 4 is 6.08 Å². The average molecular weight is 202 g/mol. The van der Waals surface area contributed by atoms with Gasteiger partial charge in [0.25, 0.3) is 0 Å². The summed E-state index contributed by atoms with van der Waals surface area (Å²) in [7, 11) is 0. The first-order valence-electron chi connectivity index (χ1n) is 5.37. The smallest absolute Gasteiger partial charge is 0.119 e. The van der Waals surface area contributed by atoms with Crippen LogP contribution in [0, 0.1) is 0 Å². The monoisotopic (exact) mass is 202 g/mol. The molecule has 0 heterocycles. The second kappa shape index (κ2) is 6.88. The molecular formula is C14H18O. The topological polar surface area (TPSA) is 9.23 Å². The summed E-state index contributed by atoms with van der Waals surface area (Å²) in [5, 5.41) is 0. The first kappa shape index (κ1) is 11.6. The van der Waals surface area contributed by atoms with Crippen molar-refractivity contribution in [2.45, 2.75) is 20.3 Å². The largest absolute Gasteiger partial charge is 0.490 e. The molecule has 0 N–H and O–H groups in total. The van der Waals surface area contributed by atoms with Gasteiger partial charge in [-0.25, -0.2) is 0 Å². The first-order chi connectivity index (χ1) is 7.36. The molecular weight excluding hydrogens is 184 g/mol. The summed E-state index contributed by atoms with van der Waals surface area (Å²) in [6.45, 7) is 4.78. The van der Waals surface area contributed by atoms with Gasteiger partial charge in [0.15, 0.2) is 0 Å². The van der Waals surface area contributed by atoms with Crippen LogP contribution in [0.3, 0.4) is 0 Å². The molecule has 80 valence electrons. The minimum atomic E-state index is 0.650. The van der Waals surface area contributed by atoms with Crippen molar-refractivity contribution in [3.05, 3.63) is 48.1 Å². The summed E-state index contributed by atoms with van der Waals surface area (Å²) in [5.74, 6) is 0.920. The second-order valence-electron chi connectivity index (χ2n) is 3.26. The molecule has 0 radical (unpaired) electrons. The molecule has 1 aromatic carbocycles. The highest BCUT2D eigenvalue weighted by Gasteiger charge is 1.90. The van der Waals surface area contributed by atoms with Gasteiger partial charge in [-0.2, -0.15) is 0 Å². The standard InChI is InChI=1S/C14H18O/c1-3-5-6-12-15-14-10-8-13(7-4-2)9-11-14/h4-11H,3,12H2,1-2H3. The van der Waals surface area contributed by atoms with Crippen LogP contribution >= 0.6 is 0 Å². The molecule has 1 heteroatoms. The summed E-state index contributed by atoms with van der Waals surface area (Å²) in [6, 6.07) is 8.10. The minimum absolute atomic E-state index is 0.650. The molecule has 0 fully saturated rings. The lowest BCUT2D eigenvalue weighted by molar-refractivity contribution is 0.362. The van der Waals surface area contributed by atoms with Crippen molar-refractivity contribution in [3.63, 3.8) is 0 Å². The van der Waals surface area contributed by atoms with Crippen molar-refractivity contribution in [3.8, 4) is 5.75 Å². The van der Waals surface area contributed by atoms with Crippen molar-refractivity contribution in [2.24, 2.45) is 0 Å². The predicted molar refractivity (Wildman–Crippen MR) is 66.1 cm³/mol. The van der Waals surface area contributed by atoms with Crippen LogP contribution in [-0.2, 0) is 0 Å². The highest BCUT2D eigenvalue weighted by molar-refractivity contribution is 5.50. The lowest BCUT2D eigenvalue weighted by Gasteiger charge is -2.02. The van der Waals surface area contributed by atoms with E-state index in [0.29, 0.717) is 6.61 Å². The Bertz CT molecular complexity index is 320. The zero-order valence-corrected chi connectivity index (χ0v) is 9.44. The van der Waals surface area contributed by atoms with Gasteiger partial charge in [-0.1, -0.05) is 43.4 Å². The molecule has 0 aliphatic rings. The van der Waals surface area contributed by atoms with Gasteiger partial charge in [-0.3, -0.25) is 0 Å². The minimum Gasteiger partial charge on any atom is -0.490 e. The quantitative estimate of drug-likeness (QED) is 0.654. The zero-order valence-electron chi connectivity index (χ0n) is 9.44. The van der Waals surface area contributed by atoms with Gasteiger partial charge in [0.2, 0.25) is 0 Å². The van der Waals surface area contributed by atoms with E-state index in [0.717, 1.165) is 12.2 Å². The second-order valence-corrected chi connectivity index (χ2v) is 3.26. The van der Waals surface area contributed by atoms with E-state index in [1.165, 1.54) is 5.56 Å². The third-order valence-corrected chi connectivity index (χ3v) is 1.99. The van der Waals surface area contributed by atoms with E-state index in [1.807, 2.05) is 31.2 Å². The van der Waals surface area contributed by atoms with Crippen LogP contribution in [0.1, 0.15) is 25.8 Å². The fourth-order valence-corrected chi connectivity index (χ4v) is 1.25. The predicted octanol–water partition coefficient (Wildman–Crippen LogP) is 4.06. The number of benzene rings is 1. The Morgan fingerprint density at radius 2 is 1.87 bits per heavy atom. The Kier molecular flexibility index (Phi) is 5.31. The SMILES string of the molecule is CC=Cc1ccc(OCC=CCC)cc1. The third kappa shape index (κ3) is 4.50. The van der Waals surface area contributed by atoms with E-state index in [1.54, 1.807) is 0 Å². The van der Waals surface area contributed by atoms with E-state index in [4.69, 9.17) is 4.74 Å². The Balaban J connectivity index is 2.46. The fraction of sp³-hybridized carbons (Fsp3) is 0.286. The maximum absolute atomic E-state index is 5.53. The molecule has 0 aromatic heterocycles. The van der Waals surface area contributed by atoms with E-state index >= 15 is 0 Å². The molecule has 0 amide bonds. The van der Waals surface area contributed by atoms with Crippen LogP contribution in [-0.4, -0.2) is 6.61 Å². The summed E-state index contributed by atoms with van der Waals surface area (Å²) >= 11 is 0. The fourth-order valence-electron chi connectivity index (χ4n) is 1.25. The molecule has 0 unspecified atom stereocenters. The van der Waals surface area contributed by atoms with Crippen LogP contribution in [0.5, 0.6) is 5.75 Å². The molecule has 0 saturated carbocycles. The Morgan fingerprint density at radius 3 is 2.47 bits per heavy atom.